The molecule has 0 bridgehead atoms. The molecule has 0 spiro atoms. The molecule has 0 saturated heterocycles. The van der Waals surface area contributed by atoms with Crippen LogP contribution >= 0.6 is 11.3 Å². The van der Waals surface area contributed by atoms with Crippen molar-refractivity contribution in [3.8, 4) is 0 Å². The van der Waals surface area contributed by atoms with Gasteiger partial charge in [-0.15, -0.1) is 11.3 Å². The van der Waals surface area contributed by atoms with Gasteiger partial charge in [0.2, 0.25) is 0 Å². The van der Waals surface area contributed by atoms with Gasteiger partial charge in [-0.05, 0) is 23.9 Å². The van der Waals surface area contributed by atoms with E-state index in [1.807, 2.05) is 36.2 Å². The van der Waals surface area contributed by atoms with Gasteiger partial charge in [-0.3, -0.25) is 4.79 Å². The molecule has 1 aromatic heterocycles. The highest BCUT2D eigenvalue weighted by atomic mass is 32.1. The summed E-state index contributed by atoms with van der Waals surface area (Å²) in [6, 6.07) is 25.0. The molecular formula is C22H25N2OS+. The van der Waals surface area contributed by atoms with Gasteiger partial charge < -0.3 is 10.2 Å². The molecule has 2 aromatic carbocycles. The van der Waals surface area contributed by atoms with E-state index in [-0.39, 0.29) is 18.0 Å². The summed E-state index contributed by atoms with van der Waals surface area (Å²) in [5, 5.41) is 4.22. The molecule has 134 valence electrons. The van der Waals surface area contributed by atoms with Crippen LogP contribution in [0.15, 0.2) is 78.2 Å². The first kappa shape index (κ1) is 18.4. The number of quaternary nitrogens is 1. The van der Waals surface area contributed by atoms with Gasteiger partial charge >= 0.3 is 0 Å². The Balaban J connectivity index is 1.68. The highest BCUT2D eigenvalue weighted by Gasteiger charge is 2.23. The van der Waals surface area contributed by atoms with Crippen LogP contribution in [0.5, 0.6) is 0 Å². The Morgan fingerprint density at radius 1 is 0.962 bits per heavy atom. The van der Waals surface area contributed by atoms with Gasteiger partial charge in [0.05, 0.1) is 10.9 Å². The lowest BCUT2D eigenvalue weighted by atomic mass is 10.1. The average molecular weight is 366 g/mol. The van der Waals surface area contributed by atoms with Gasteiger partial charge in [0.15, 0.2) is 6.54 Å². The van der Waals surface area contributed by atoms with E-state index in [2.05, 4.69) is 66.2 Å². The molecule has 0 aliphatic carbocycles. The fourth-order valence-electron chi connectivity index (χ4n) is 3.08. The van der Waals surface area contributed by atoms with E-state index in [0.29, 0.717) is 6.54 Å². The quantitative estimate of drug-likeness (QED) is 0.682. The summed E-state index contributed by atoms with van der Waals surface area (Å²) in [4.78, 5) is 15.9. The van der Waals surface area contributed by atoms with Crippen LogP contribution in [-0.2, 0) is 4.79 Å². The van der Waals surface area contributed by atoms with E-state index in [9.17, 15) is 4.79 Å². The zero-order chi connectivity index (χ0) is 18.4. The smallest absolute Gasteiger partial charge is 0.277 e. The lowest BCUT2D eigenvalue weighted by Crippen LogP contribution is -2.87. The van der Waals surface area contributed by atoms with Crippen LogP contribution in [0, 0.1) is 0 Å². The second kappa shape index (κ2) is 8.79. The lowest BCUT2D eigenvalue weighted by molar-refractivity contribution is -0.676. The van der Waals surface area contributed by atoms with Crippen LogP contribution in [0.4, 0.5) is 0 Å². The third kappa shape index (κ3) is 4.40. The van der Waals surface area contributed by atoms with Crippen molar-refractivity contribution in [2.75, 3.05) is 13.6 Å². The van der Waals surface area contributed by atoms with Gasteiger partial charge in [0.1, 0.15) is 6.04 Å². The Bertz CT molecular complexity index is 803. The van der Waals surface area contributed by atoms with E-state index >= 15 is 0 Å². The van der Waals surface area contributed by atoms with Crippen molar-refractivity contribution >= 4 is 17.2 Å². The highest BCUT2D eigenvalue weighted by molar-refractivity contribution is 7.10. The Labute approximate surface area is 159 Å². The fourth-order valence-corrected chi connectivity index (χ4v) is 3.93. The molecule has 2 atom stereocenters. The first-order valence-electron chi connectivity index (χ1n) is 8.89. The average Bonchev–Trinajstić information content (AvgIpc) is 3.23. The van der Waals surface area contributed by atoms with Crippen molar-refractivity contribution in [2.24, 2.45) is 0 Å². The molecule has 0 fully saturated rings. The molecule has 2 N–H and O–H groups in total. The largest absolute Gasteiger partial charge is 0.334 e. The van der Waals surface area contributed by atoms with Crippen molar-refractivity contribution in [2.45, 2.75) is 19.0 Å². The van der Waals surface area contributed by atoms with Gasteiger partial charge in [0, 0.05) is 12.6 Å². The zero-order valence-corrected chi connectivity index (χ0v) is 16.0. The van der Waals surface area contributed by atoms with E-state index in [1.54, 1.807) is 11.3 Å². The number of nitrogens with two attached hydrogens (primary N) is 1. The molecule has 0 radical (unpaired) electrons. The summed E-state index contributed by atoms with van der Waals surface area (Å²) in [6.07, 6.45) is 0. The Morgan fingerprint density at radius 2 is 1.58 bits per heavy atom. The number of nitrogens with zero attached hydrogens (tertiary/aromatic N) is 1. The maximum Gasteiger partial charge on any atom is 0.277 e. The van der Waals surface area contributed by atoms with Crippen LogP contribution in [0.25, 0.3) is 0 Å². The molecule has 26 heavy (non-hydrogen) atoms. The summed E-state index contributed by atoms with van der Waals surface area (Å²) >= 11 is 1.73. The standard InChI is InChI=1S/C22H24N2OS/c1-17(18-10-5-3-6-11-18)24(2)21(25)16-23-22(20-14-9-15-26-20)19-12-7-4-8-13-19/h3-15,17,22-23H,16H2,1-2H3/p+1/t17-,22+/m0/s1. The SMILES string of the molecule is C[C@@H](c1ccccc1)N(C)C(=O)C[NH2+][C@H](c1ccccc1)c1cccs1. The first-order valence-corrected chi connectivity index (χ1v) is 9.77. The number of carbonyl (C=O) groups is 1. The molecule has 3 aromatic rings. The van der Waals surface area contributed by atoms with Crippen molar-refractivity contribution in [3.05, 3.63) is 94.2 Å². The van der Waals surface area contributed by atoms with Crippen LogP contribution in [0.3, 0.4) is 0 Å². The summed E-state index contributed by atoms with van der Waals surface area (Å²) in [7, 11) is 1.89. The minimum Gasteiger partial charge on any atom is -0.334 e. The topological polar surface area (TPSA) is 36.9 Å². The minimum atomic E-state index is 0.0639. The van der Waals surface area contributed by atoms with Gasteiger partial charge in [-0.1, -0.05) is 66.7 Å². The molecule has 0 aliphatic rings. The molecule has 0 aliphatic heterocycles. The number of carbonyl (C=O) groups excluding carboxylic acids is 1. The predicted octanol–water partition coefficient (Wildman–Crippen LogP) is 3.62. The van der Waals surface area contributed by atoms with Crippen molar-refractivity contribution in [3.63, 3.8) is 0 Å². The number of amides is 1. The van der Waals surface area contributed by atoms with E-state index in [1.165, 1.54) is 10.4 Å². The summed E-state index contributed by atoms with van der Waals surface area (Å²) < 4.78 is 0. The maximum absolute atomic E-state index is 12.8. The molecule has 1 heterocycles. The van der Waals surface area contributed by atoms with Gasteiger partial charge in [-0.2, -0.15) is 0 Å². The Kier molecular flexibility index (Phi) is 6.21. The predicted molar refractivity (Wildman–Crippen MR) is 107 cm³/mol. The fraction of sp³-hybridized carbons (Fsp3) is 0.227. The number of rotatable bonds is 7. The molecule has 3 rings (SSSR count). The third-order valence-electron chi connectivity index (χ3n) is 4.79. The van der Waals surface area contributed by atoms with Gasteiger partial charge in [0.25, 0.3) is 5.91 Å². The minimum absolute atomic E-state index is 0.0639. The molecule has 4 heteroatoms. The monoisotopic (exact) mass is 365 g/mol. The van der Waals surface area contributed by atoms with Crippen LogP contribution in [0.1, 0.15) is 35.0 Å². The normalized spacial score (nSPS) is 13.2. The van der Waals surface area contributed by atoms with E-state index in [0.717, 1.165) is 5.56 Å². The summed E-state index contributed by atoms with van der Waals surface area (Å²) in [5.41, 5.74) is 2.38. The third-order valence-corrected chi connectivity index (χ3v) is 5.75. The summed E-state index contributed by atoms with van der Waals surface area (Å²) in [6.45, 7) is 2.49. The number of likely N-dealkylation sites (N-methyl/N-ethyl adjacent to an activating group) is 1. The Morgan fingerprint density at radius 3 is 2.15 bits per heavy atom. The zero-order valence-electron chi connectivity index (χ0n) is 15.2. The van der Waals surface area contributed by atoms with Crippen LogP contribution in [0.2, 0.25) is 0 Å². The first-order chi connectivity index (χ1) is 12.7. The number of hydrogen-bond donors (Lipinski definition) is 1. The molecule has 3 nitrogen and oxygen atoms in total. The number of thiophene rings is 1. The van der Waals surface area contributed by atoms with E-state index in [4.69, 9.17) is 0 Å². The second-order valence-corrected chi connectivity index (χ2v) is 7.41. The van der Waals surface area contributed by atoms with Crippen LogP contribution < -0.4 is 5.32 Å². The van der Waals surface area contributed by atoms with Crippen LogP contribution in [-0.4, -0.2) is 24.4 Å². The highest BCUT2D eigenvalue weighted by Crippen LogP contribution is 2.22. The second-order valence-electron chi connectivity index (χ2n) is 6.43. The lowest BCUT2D eigenvalue weighted by Gasteiger charge is -2.25. The number of hydrogen-bond acceptors (Lipinski definition) is 2. The molecular weight excluding hydrogens is 340 g/mol. The van der Waals surface area contributed by atoms with Crippen molar-refractivity contribution in [1.82, 2.24) is 4.90 Å². The summed E-state index contributed by atoms with van der Waals surface area (Å²) in [5.74, 6) is 0.138. The number of benzene rings is 2. The maximum atomic E-state index is 12.8. The van der Waals surface area contributed by atoms with Gasteiger partial charge in [-0.25, -0.2) is 0 Å². The Hall–Kier alpha value is -2.43. The molecule has 0 saturated carbocycles. The molecule has 1 amide bonds. The molecule has 0 unspecified atom stereocenters. The van der Waals surface area contributed by atoms with Crippen molar-refractivity contribution in [1.29, 1.82) is 0 Å². The van der Waals surface area contributed by atoms with E-state index < -0.39 is 0 Å². The van der Waals surface area contributed by atoms with Crippen molar-refractivity contribution < 1.29 is 10.1 Å².